The molecule has 0 saturated carbocycles. The maximum absolute atomic E-state index is 11.2. The number of carboxylic acids is 1. The van der Waals surface area contributed by atoms with Crippen molar-refractivity contribution in [3.05, 3.63) is 35.2 Å². The van der Waals surface area contributed by atoms with Gasteiger partial charge in [0.15, 0.2) is 5.69 Å². The molecule has 0 unspecified atom stereocenters. The molecule has 0 saturated heterocycles. The molecule has 6 nitrogen and oxygen atoms in total. The number of ether oxygens (including phenoxy) is 1. The first-order valence-electron chi connectivity index (χ1n) is 6.41. The largest absolute Gasteiger partial charge is 0.496 e. The summed E-state index contributed by atoms with van der Waals surface area (Å²) in [6.07, 6.45) is 1.43. The summed E-state index contributed by atoms with van der Waals surface area (Å²) in [6.45, 7) is 3.92. The van der Waals surface area contributed by atoms with Crippen LogP contribution in [-0.2, 0) is 6.42 Å². The number of methoxy groups -OCH3 is 1. The zero-order valence-electron chi connectivity index (χ0n) is 11.8. The highest BCUT2D eigenvalue weighted by atomic mass is 16.5. The van der Waals surface area contributed by atoms with E-state index in [-0.39, 0.29) is 5.69 Å². The van der Waals surface area contributed by atoms with E-state index < -0.39 is 5.97 Å². The Balaban J connectivity index is 2.52. The predicted octanol–water partition coefficient (Wildman–Crippen LogP) is 2.24. The highest BCUT2D eigenvalue weighted by molar-refractivity contribution is 5.86. The second-order valence-corrected chi connectivity index (χ2v) is 4.51. The number of benzene rings is 1. The van der Waals surface area contributed by atoms with Gasteiger partial charge in [0.1, 0.15) is 5.75 Å². The fourth-order valence-electron chi connectivity index (χ4n) is 2.13. The first-order chi connectivity index (χ1) is 9.58. The molecule has 0 atom stereocenters. The Kier molecular flexibility index (Phi) is 4.02. The van der Waals surface area contributed by atoms with E-state index in [0.717, 1.165) is 23.4 Å². The van der Waals surface area contributed by atoms with Crippen molar-refractivity contribution in [2.24, 2.45) is 0 Å². The van der Waals surface area contributed by atoms with Crippen LogP contribution < -0.4 is 4.74 Å². The molecule has 0 bridgehead atoms. The van der Waals surface area contributed by atoms with Crippen LogP contribution in [0.1, 0.15) is 35.1 Å². The van der Waals surface area contributed by atoms with E-state index in [1.165, 1.54) is 0 Å². The molecule has 106 valence electrons. The predicted molar refractivity (Wildman–Crippen MR) is 73.6 cm³/mol. The third-order valence-electron chi connectivity index (χ3n) is 3.08. The molecule has 0 aliphatic rings. The minimum Gasteiger partial charge on any atom is -0.496 e. The van der Waals surface area contributed by atoms with Crippen molar-refractivity contribution in [1.82, 2.24) is 15.0 Å². The fraction of sp³-hybridized carbons (Fsp3) is 0.357. The van der Waals surface area contributed by atoms with Crippen LogP contribution in [-0.4, -0.2) is 33.2 Å². The molecule has 0 spiro atoms. The Morgan fingerprint density at radius 1 is 1.45 bits per heavy atom. The molecule has 0 aliphatic carbocycles. The second-order valence-electron chi connectivity index (χ2n) is 4.51. The molecular formula is C14H17N3O3. The zero-order chi connectivity index (χ0) is 14.7. The van der Waals surface area contributed by atoms with E-state index in [9.17, 15) is 4.79 Å². The first-order valence-corrected chi connectivity index (χ1v) is 6.41. The van der Waals surface area contributed by atoms with Crippen LogP contribution in [0.4, 0.5) is 0 Å². The Labute approximate surface area is 117 Å². The SMILES string of the molecule is CCCc1c(C(=O)O)nnn1-c1ccc(OC)c(C)c1. The van der Waals surface area contributed by atoms with Gasteiger partial charge in [0, 0.05) is 0 Å². The van der Waals surface area contributed by atoms with Gasteiger partial charge < -0.3 is 9.84 Å². The summed E-state index contributed by atoms with van der Waals surface area (Å²) in [5.74, 6) is -0.269. The van der Waals surface area contributed by atoms with Gasteiger partial charge in [-0.25, -0.2) is 9.48 Å². The van der Waals surface area contributed by atoms with Crippen molar-refractivity contribution in [3.63, 3.8) is 0 Å². The fourth-order valence-corrected chi connectivity index (χ4v) is 2.13. The molecular weight excluding hydrogens is 258 g/mol. The van der Waals surface area contributed by atoms with Gasteiger partial charge in [-0.3, -0.25) is 0 Å². The third-order valence-corrected chi connectivity index (χ3v) is 3.08. The molecule has 1 aromatic heterocycles. The minimum atomic E-state index is -1.05. The van der Waals surface area contributed by atoms with Crippen molar-refractivity contribution in [2.45, 2.75) is 26.7 Å². The summed E-state index contributed by atoms with van der Waals surface area (Å²) < 4.78 is 6.80. The van der Waals surface area contributed by atoms with Crippen LogP contribution in [0.15, 0.2) is 18.2 Å². The van der Waals surface area contributed by atoms with E-state index in [1.54, 1.807) is 11.8 Å². The van der Waals surface area contributed by atoms with Crippen molar-refractivity contribution in [3.8, 4) is 11.4 Å². The number of hydrogen-bond donors (Lipinski definition) is 1. The summed E-state index contributed by atoms with van der Waals surface area (Å²) in [7, 11) is 1.61. The van der Waals surface area contributed by atoms with Crippen LogP contribution in [0.5, 0.6) is 5.75 Å². The van der Waals surface area contributed by atoms with E-state index in [0.29, 0.717) is 12.1 Å². The first kappa shape index (κ1) is 14.0. The van der Waals surface area contributed by atoms with Gasteiger partial charge in [0.05, 0.1) is 18.5 Å². The number of carbonyl (C=O) groups is 1. The number of hydrogen-bond acceptors (Lipinski definition) is 4. The van der Waals surface area contributed by atoms with E-state index >= 15 is 0 Å². The summed E-state index contributed by atoms with van der Waals surface area (Å²) in [5.41, 5.74) is 2.37. The zero-order valence-corrected chi connectivity index (χ0v) is 11.8. The lowest BCUT2D eigenvalue weighted by Gasteiger charge is -2.09. The summed E-state index contributed by atoms with van der Waals surface area (Å²) in [6, 6.07) is 5.58. The monoisotopic (exact) mass is 275 g/mol. The van der Waals surface area contributed by atoms with Gasteiger partial charge in [-0.05, 0) is 37.1 Å². The van der Waals surface area contributed by atoms with Crippen LogP contribution in [0.25, 0.3) is 5.69 Å². The van der Waals surface area contributed by atoms with Crippen molar-refractivity contribution in [1.29, 1.82) is 0 Å². The third kappa shape index (κ3) is 2.49. The Hall–Kier alpha value is -2.37. The maximum atomic E-state index is 11.2. The quantitative estimate of drug-likeness (QED) is 0.905. The smallest absolute Gasteiger partial charge is 0.358 e. The molecule has 2 aromatic rings. The molecule has 1 aromatic carbocycles. The Bertz CT molecular complexity index is 635. The van der Waals surface area contributed by atoms with Gasteiger partial charge in [-0.1, -0.05) is 18.6 Å². The molecule has 1 heterocycles. The topological polar surface area (TPSA) is 77.2 Å². The Morgan fingerprint density at radius 2 is 2.20 bits per heavy atom. The number of aryl methyl sites for hydroxylation is 1. The molecule has 0 aliphatic heterocycles. The van der Waals surface area contributed by atoms with Gasteiger partial charge in [0.2, 0.25) is 0 Å². The van der Waals surface area contributed by atoms with Crippen molar-refractivity contribution >= 4 is 5.97 Å². The summed E-state index contributed by atoms with van der Waals surface area (Å²) in [5, 5.41) is 16.9. The molecule has 1 N–H and O–H groups in total. The van der Waals surface area contributed by atoms with E-state index in [4.69, 9.17) is 9.84 Å². The van der Waals surface area contributed by atoms with Gasteiger partial charge in [0.25, 0.3) is 0 Å². The van der Waals surface area contributed by atoms with Crippen molar-refractivity contribution < 1.29 is 14.6 Å². The number of aromatic nitrogens is 3. The Morgan fingerprint density at radius 3 is 2.75 bits per heavy atom. The standard InChI is InChI=1S/C14H17N3O3/c1-4-5-11-13(14(18)19)15-16-17(11)10-6-7-12(20-3)9(2)8-10/h6-8H,4-5H2,1-3H3,(H,18,19). The average Bonchev–Trinajstić information content (AvgIpc) is 2.83. The molecule has 0 radical (unpaired) electrons. The molecule has 6 heteroatoms. The molecule has 0 amide bonds. The summed E-state index contributed by atoms with van der Waals surface area (Å²) in [4.78, 5) is 11.2. The van der Waals surface area contributed by atoms with Crippen LogP contribution in [0.3, 0.4) is 0 Å². The molecule has 2 rings (SSSR count). The van der Waals surface area contributed by atoms with E-state index in [2.05, 4.69) is 10.3 Å². The van der Waals surface area contributed by atoms with Crippen LogP contribution in [0.2, 0.25) is 0 Å². The minimum absolute atomic E-state index is 0.0142. The highest BCUT2D eigenvalue weighted by Gasteiger charge is 2.19. The van der Waals surface area contributed by atoms with Gasteiger partial charge >= 0.3 is 5.97 Å². The molecule has 0 fully saturated rings. The number of rotatable bonds is 5. The lowest BCUT2D eigenvalue weighted by Crippen LogP contribution is -2.07. The van der Waals surface area contributed by atoms with Gasteiger partial charge in [-0.2, -0.15) is 0 Å². The second kappa shape index (κ2) is 5.73. The number of carboxylic acid groups (broad SMARTS) is 1. The molecule has 20 heavy (non-hydrogen) atoms. The number of aromatic carboxylic acids is 1. The highest BCUT2D eigenvalue weighted by Crippen LogP contribution is 2.22. The normalized spacial score (nSPS) is 10.6. The lowest BCUT2D eigenvalue weighted by molar-refractivity contribution is 0.0689. The lowest BCUT2D eigenvalue weighted by atomic mass is 10.1. The average molecular weight is 275 g/mol. The van der Waals surface area contributed by atoms with Crippen molar-refractivity contribution in [2.75, 3.05) is 7.11 Å². The number of nitrogens with zero attached hydrogens (tertiary/aromatic N) is 3. The van der Waals surface area contributed by atoms with E-state index in [1.807, 2.05) is 32.0 Å². The van der Waals surface area contributed by atoms with Crippen LogP contribution in [0, 0.1) is 6.92 Å². The van der Waals surface area contributed by atoms with Crippen LogP contribution >= 0.6 is 0 Å². The maximum Gasteiger partial charge on any atom is 0.358 e. The van der Waals surface area contributed by atoms with Gasteiger partial charge in [-0.15, -0.1) is 5.10 Å². The summed E-state index contributed by atoms with van der Waals surface area (Å²) >= 11 is 0.